The molecule has 0 saturated heterocycles. The third-order valence-electron chi connectivity index (χ3n) is 3.03. The van der Waals surface area contributed by atoms with Crippen LogP contribution < -0.4 is 0 Å². The summed E-state index contributed by atoms with van der Waals surface area (Å²) < 4.78 is 58.3. The highest BCUT2D eigenvalue weighted by atomic mass is 32.2. The third-order valence-corrected chi connectivity index (χ3v) is 4.68. The van der Waals surface area contributed by atoms with Crippen molar-refractivity contribution in [2.24, 2.45) is 4.36 Å². The van der Waals surface area contributed by atoms with Gasteiger partial charge in [-0.25, -0.2) is 14.2 Å². The highest BCUT2D eigenvalue weighted by Crippen LogP contribution is 2.29. The Labute approximate surface area is 140 Å². The van der Waals surface area contributed by atoms with Gasteiger partial charge in [-0.3, -0.25) is 0 Å². The summed E-state index contributed by atoms with van der Waals surface area (Å²) in [6, 6.07) is 7.41. The average molecular weight is 369 g/mol. The minimum absolute atomic E-state index is 0.0760. The molecule has 1 aromatic carbocycles. The first-order valence-electron chi connectivity index (χ1n) is 6.76. The highest BCUT2D eigenvalue weighted by Gasteiger charge is 2.38. The molecule has 3 rings (SSSR count). The van der Waals surface area contributed by atoms with Crippen LogP contribution >= 0.6 is 0 Å². The van der Waals surface area contributed by atoms with Gasteiger partial charge >= 0.3 is 12.1 Å². The Balaban J connectivity index is 1.91. The molecule has 0 amide bonds. The minimum Gasteiger partial charge on any atom is -0.329 e. The van der Waals surface area contributed by atoms with E-state index in [2.05, 4.69) is 29.0 Å². The zero-order valence-corrected chi connectivity index (χ0v) is 13.5. The zero-order chi connectivity index (χ0) is 18.1. The van der Waals surface area contributed by atoms with E-state index in [1.807, 2.05) is 0 Å². The second kappa shape index (κ2) is 6.24. The Morgan fingerprint density at radius 1 is 1.12 bits per heavy atom. The maximum atomic E-state index is 12.7. The first kappa shape index (κ1) is 17.0. The largest absolute Gasteiger partial charge is 0.471 e. The van der Waals surface area contributed by atoms with Gasteiger partial charge in [0.15, 0.2) is 0 Å². The minimum atomic E-state index is -4.71. The van der Waals surface area contributed by atoms with Crippen LogP contribution in [-0.4, -0.2) is 30.6 Å². The van der Waals surface area contributed by atoms with Crippen LogP contribution in [0.3, 0.4) is 0 Å². The average Bonchev–Trinajstić information content (AvgIpc) is 3.06. The lowest BCUT2D eigenvalue weighted by molar-refractivity contribution is -0.159. The normalized spacial score (nSPS) is 14.1. The monoisotopic (exact) mass is 369 g/mol. The molecule has 25 heavy (non-hydrogen) atoms. The molecule has 2 heterocycles. The van der Waals surface area contributed by atoms with Gasteiger partial charge in [0.25, 0.3) is 5.95 Å². The van der Waals surface area contributed by atoms with Gasteiger partial charge in [0.2, 0.25) is 5.82 Å². The Morgan fingerprint density at radius 2 is 1.76 bits per heavy atom. The lowest BCUT2D eigenvalue weighted by Gasteiger charge is -2.04. The lowest BCUT2D eigenvalue weighted by Crippen LogP contribution is -2.04. The first-order valence-corrected chi connectivity index (χ1v) is 8.68. The maximum absolute atomic E-state index is 12.7. The molecule has 2 aromatic heterocycles. The number of halogens is 3. The molecule has 130 valence electrons. The van der Waals surface area contributed by atoms with E-state index < -0.39 is 21.8 Å². The van der Waals surface area contributed by atoms with Crippen LogP contribution in [0.2, 0.25) is 0 Å². The summed E-state index contributed by atoms with van der Waals surface area (Å²) in [6.07, 6.45) is -0.357. The summed E-state index contributed by atoms with van der Waals surface area (Å²) in [6.45, 7) is 0. The molecule has 0 N–H and O–H groups in total. The summed E-state index contributed by atoms with van der Waals surface area (Å²) in [5.41, 5.74) is 0.286. The number of hydrogen-bond acceptors (Lipinski definition) is 7. The molecule has 1 atom stereocenters. The molecule has 1 unspecified atom stereocenters. The standard InChI is InChI=1S/C14H10F3N5O2S/c1-25(23,22-13-18-7-2-8-19-13)10-5-3-9(4-6-10)11-20-12(24-21-11)14(15,16)17/h2-8H,1H3. The fourth-order valence-corrected chi connectivity index (χ4v) is 3.01. The number of hydrogen-bond donors (Lipinski definition) is 0. The molecule has 0 saturated carbocycles. The van der Waals surface area contributed by atoms with Gasteiger partial charge in [0, 0.05) is 29.1 Å². The van der Waals surface area contributed by atoms with Crippen LogP contribution in [0.1, 0.15) is 5.89 Å². The maximum Gasteiger partial charge on any atom is 0.471 e. The van der Waals surface area contributed by atoms with Crippen molar-refractivity contribution in [3.8, 4) is 11.4 Å². The molecule has 11 heteroatoms. The van der Waals surface area contributed by atoms with E-state index in [1.165, 1.54) is 42.9 Å². The number of nitrogens with zero attached hydrogens (tertiary/aromatic N) is 5. The number of benzene rings is 1. The van der Waals surface area contributed by atoms with Crippen molar-refractivity contribution in [1.29, 1.82) is 0 Å². The Kier molecular flexibility index (Phi) is 4.25. The smallest absolute Gasteiger partial charge is 0.329 e. The third kappa shape index (κ3) is 3.82. The van der Waals surface area contributed by atoms with Crippen LogP contribution in [0.15, 0.2) is 56.5 Å². The fraction of sp³-hybridized carbons (Fsp3) is 0.143. The highest BCUT2D eigenvalue weighted by molar-refractivity contribution is 7.93. The second-order valence-electron chi connectivity index (χ2n) is 4.89. The van der Waals surface area contributed by atoms with Gasteiger partial charge in [0.1, 0.15) is 0 Å². The lowest BCUT2D eigenvalue weighted by atomic mass is 10.2. The Hall–Kier alpha value is -2.82. The Morgan fingerprint density at radius 3 is 2.32 bits per heavy atom. The molecule has 3 aromatic rings. The molecule has 0 spiro atoms. The molecule has 0 aliphatic carbocycles. The quantitative estimate of drug-likeness (QED) is 0.703. The Bertz CT molecular complexity index is 993. The topological polar surface area (TPSA) is 94.1 Å². The van der Waals surface area contributed by atoms with Crippen molar-refractivity contribution in [2.45, 2.75) is 11.1 Å². The summed E-state index contributed by atoms with van der Waals surface area (Å²) in [4.78, 5) is 11.4. The van der Waals surface area contributed by atoms with Gasteiger partial charge in [-0.2, -0.15) is 22.5 Å². The fourth-order valence-electron chi connectivity index (χ4n) is 1.86. The van der Waals surface area contributed by atoms with E-state index in [0.29, 0.717) is 4.90 Å². The summed E-state index contributed by atoms with van der Waals surface area (Å²) in [5, 5.41) is 3.29. The van der Waals surface area contributed by atoms with Crippen molar-refractivity contribution in [3.05, 3.63) is 48.6 Å². The van der Waals surface area contributed by atoms with E-state index in [9.17, 15) is 17.4 Å². The first-order chi connectivity index (χ1) is 11.8. The van der Waals surface area contributed by atoms with E-state index in [4.69, 9.17) is 0 Å². The predicted octanol–water partition coefficient (Wildman–Crippen LogP) is 3.33. The summed E-state index contributed by atoms with van der Waals surface area (Å²) >= 11 is 0. The van der Waals surface area contributed by atoms with Crippen molar-refractivity contribution in [1.82, 2.24) is 20.1 Å². The van der Waals surface area contributed by atoms with E-state index in [0.717, 1.165) is 0 Å². The molecule has 0 aliphatic rings. The number of alkyl halides is 3. The van der Waals surface area contributed by atoms with Crippen LogP contribution in [0.5, 0.6) is 0 Å². The SMILES string of the molecule is CS(=O)(=Nc1ncccn1)c1ccc(-c2noc(C(F)(F)F)n2)cc1. The molecule has 0 bridgehead atoms. The molecule has 0 aliphatic heterocycles. The second-order valence-corrected chi connectivity index (χ2v) is 7.15. The van der Waals surface area contributed by atoms with Crippen molar-refractivity contribution in [2.75, 3.05) is 6.26 Å². The van der Waals surface area contributed by atoms with Crippen LogP contribution in [0.25, 0.3) is 11.4 Å². The van der Waals surface area contributed by atoms with Gasteiger partial charge in [-0.1, -0.05) is 5.16 Å². The predicted molar refractivity (Wildman–Crippen MR) is 81.2 cm³/mol. The molecule has 0 radical (unpaired) electrons. The van der Waals surface area contributed by atoms with Crippen molar-refractivity contribution < 1.29 is 21.9 Å². The van der Waals surface area contributed by atoms with Crippen molar-refractivity contribution >= 4 is 15.7 Å². The molecular formula is C14H10F3N5O2S. The molecular weight excluding hydrogens is 359 g/mol. The van der Waals surface area contributed by atoms with E-state index in [-0.39, 0.29) is 17.3 Å². The zero-order valence-electron chi connectivity index (χ0n) is 12.6. The van der Waals surface area contributed by atoms with E-state index >= 15 is 0 Å². The van der Waals surface area contributed by atoms with Crippen LogP contribution in [0.4, 0.5) is 19.1 Å². The van der Waals surface area contributed by atoms with Gasteiger partial charge in [0.05, 0.1) is 9.73 Å². The summed E-state index contributed by atoms with van der Waals surface area (Å²) in [7, 11) is -2.82. The summed E-state index contributed by atoms with van der Waals surface area (Å²) in [5.74, 6) is -1.57. The number of rotatable bonds is 3. The van der Waals surface area contributed by atoms with E-state index in [1.54, 1.807) is 6.07 Å². The van der Waals surface area contributed by atoms with Gasteiger partial charge in [-0.15, -0.1) is 0 Å². The number of aromatic nitrogens is 4. The van der Waals surface area contributed by atoms with Crippen molar-refractivity contribution in [3.63, 3.8) is 0 Å². The molecule has 7 nitrogen and oxygen atoms in total. The molecule has 0 fully saturated rings. The van der Waals surface area contributed by atoms with Gasteiger partial charge < -0.3 is 4.52 Å². The van der Waals surface area contributed by atoms with Gasteiger partial charge in [-0.05, 0) is 30.3 Å². The van der Waals surface area contributed by atoms with Crippen LogP contribution in [0, 0.1) is 0 Å². The van der Waals surface area contributed by atoms with Crippen LogP contribution in [-0.2, 0) is 15.9 Å².